The smallest absolute Gasteiger partial charge is 0.251 e. The number of imidazole rings is 1. The number of amides is 1. The predicted molar refractivity (Wildman–Crippen MR) is 113 cm³/mol. The first-order chi connectivity index (χ1) is 13.6. The van der Waals surface area contributed by atoms with E-state index in [9.17, 15) is 4.79 Å². The minimum Gasteiger partial charge on any atom is -0.345 e. The summed E-state index contributed by atoms with van der Waals surface area (Å²) in [5.74, 6) is 0.788. The van der Waals surface area contributed by atoms with Crippen molar-refractivity contribution in [2.45, 2.75) is 12.5 Å². The lowest BCUT2D eigenvalue weighted by Crippen LogP contribution is -2.30. The largest absolute Gasteiger partial charge is 0.345 e. The van der Waals surface area contributed by atoms with Gasteiger partial charge in [0.2, 0.25) is 0 Å². The highest BCUT2D eigenvalue weighted by Crippen LogP contribution is 2.22. The summed E-state index contributed by atoms with van der Waals surface area (Å²) in [5.41, 5.74) is 3.65. The van der Waals surface area contributed by atoms with E-state index in [1.54, 1.807) is 24.3 Å². The number of rotatable bonds is 5. The molecular weight excluding hydrogens is 370 g/mol. The van der Waals surface area contributed by atoms with Gasteiger partial charge in [0.25, 0.3) is 5.91 Å². The van der Waals surface area contributed by atoms with Crippen LogP contribution in [-0.4, -0.2) is 15.5 Å². The Kier molecular flexibility index (Phi) is 5.13. The first-order valence-corrected chi connectivity index (χ1v) is 9.51. The number of carbonyl (C=O) groups is 1. The SMILES string of the molecule is Cn1c(C[C@@H](NC(=O)c2ccc(Cl)cc2)c2ccccc2)nc2ccccc21. The van der Waals surface area contributed by atoms with Crippen LogP contribution in [0, 0.1) is 0 Å². The van der Waals surface area contributed by atoms with Gasteiger partial charge in [0.15, 0.2) is 0 Å². The minimum atomic E-state index is -0.195. The van der Waals surface area contributed by atoms with Gasteiger partial charge in [-0.15, -0.1) is 0 Å². The van der Waals surface area contributed by atoms with Gasteiger partial charge in [0.1, 0.15) is 5.82 Å². The van der Waals surface area contributed by atoms with E-state index in [4.69, 9.17) is 16.6 Å². The first kappa shape index (κ1) is 18.3. The van der Waals surface area contributed by atoms with Crippen molar-refractivity contribution < 1.29 is 4.79 Å². The summed E-state index contributed by atoms with van der Waals surface area (Å²) in [6, 6.07) is 24.7. The average molecular weight is 390 g/mol. The lowest BCUT2D eigenvalue weighted by atomic mass is 10.0. The van der Waals surface area contributed by atoms with Gasteiger partial charge in [-0.25, -0.2) is 4.98 Å². The highest BCUT2D eigenvalue weighted by Gasteiger charge is 2.19. The van der Waals surface area contributed by atoms with Crippen LogP contribution >= 0.6 is 11.6 Å². The van der Waals surface area contributed by atoms with Gasteiger partial charge in [-0.1, -0.05) is 54.1 Å². The highest BCUT2D eigenvalue weighted by atomic mass is 35.5. The third-order valence-electron chi connectivity index (χ3n) is 4.88. The van der Waals surface area contributed by atoms with E-state index in [0.717, 1.165) is 22.4 Å². The highest BCUT2D eigenvalue weighted by molar-refractivity contribution is 6.30. The van der Waals surface area contributed by atoms with Gasteiger partial charge in [-0.3, -0.25) is 4.79 Å². The Balaban J connectivity index is 1.64. The molecule has 0 aliphatic heterocycles. The zero-order chi connectivity index (χ0) is 19.5. The molecular formula is C23H20ClN3O. The Morgan fingerprint density at radius 3 is 2.39 bits per heavy atom. The van der Waals surface area contributed by atoms with E-state index < -0.39 is 0 Å². The van der Waals surface area contributed by atoms with E-state index in [-0.39, 0.29) is 11.9 Å². The molecule has 0 spiro atoms. The fraction of sp³-hybridized carbons (Fsp3) is 0.130. The third-order valence-corrected chi connectivity index (χ3v) is 5.13. The van der Waals surface area contributed by atoms with Crippen LogP contribution in [0.2, 0.25) is 5.02 Å². The first-order valence-electron chi connectivity index (χ1n) is 9.13. The van der Waals surface area contributed by atoms with Crippen molar-refractivity contribution in [1.82, 2.24) is 14.9 Å². The number of nitrogens with zero attached hydrogens (tertiary/aromatic N) is 2. The molecule has 1 N–H and O–H groups in total. The van der Waals surface area contributed by atoms with E-state index in [0.29, 0.717) is 17.0 Å². The van der Waals surface area contributed by atoms with Crippen molar-refractivity contribution in [3.8, 4) is 0 Å². The maximum absolute atomic E-state index is 12.8. The number of para-hydroxylation sites is 2. The van der Waals surface area contributed by atoms with Crippen LogP contribution in [0.4, 0.5) is 0 Å². The Morgan fingerprint density at radius 2 is 1.68 bits per heavy atom. The summed E-state index contributed by atoms with van der Waals surface area (Å²) in [6.07, 6.45) is 0.592. The molecule has 0 aliphatic rings. The molecule has 1 aromatic heterocycles. The number of aryl methyl sites for hydroxylation is 1. The van der Waals surface area contributed by atoms with E-state index in [2.05, 4.69) is 16.0 Å². The van der Waals surface area contributed by atoms with Gasteiger partial charge >= 0.3 is 0 Å². The van der Waals surface area contributed by atoms with Gasteiger partial charge in [-0.05, 0) is 42.0 Å². The summed E-state index contributed by atoms with van der Waals surface area (Å²) in [6.45, 7) is 0. The number of halogens is 1. The van der Waals surface area contributed by atoms with Crippen molar-refractivity contribution >= 4 is 28.5 Å². The molecule has 0 saturated carbocycles. The third kappa shape index (κ3) is 3.78. The standard InChI is InChI=1S/C23H20ClN3O/c1-27-21-10-6-5-9-19(21)25-22(27)15-20(16-7-3-2-4-8-16)26-23(28)17-11-13-18(24)14-12-17/h2-14,20H,15H2,1H3,(H,26,28)/t20-/m1/s1. The number of nitrogens with one attached hydrogen (secondary N) is 1. The number of aromatic nitrogens is 2. The Labute approximate surface area is 168 Å². The molecule has 1 amide bonds. The van der Waals surface area contributed by atoms with Crippen LogP contribution in [0.3, 0.4) is 0 Å². The molecule has 0 bridgehead atoms. The second kappa shape index (κ2) is 7.87. The molecule has 0 unspecified atom stereocenters. The number of hydrogen-bond acceptors (Lipinski definition) is 2. The fourth-order valence-corrected chi connectivity index (χ4v) is 3.47. The number of hydrogen-bond donors (Lipinski definition) is 1. The quantitative estimate of drug-likeness (QED) is 0.525. The van der Waals surface area contributed by atoms with Gasteiger partial charge in [0.05, 0.1) is 17.1 Å². The van der Waals surface area contributed by atoms with Crippen molar-refractivity contribution in [1.29, 1.82) is 0 Å². The van der Waals surface area contributed by atoms with Gasteiger partial charge < -0.3 is 9.88 Å². The van der Waals surface area contributed by atoms with Crippen LogP contribution in [0.5, 0.6) is 0 Å². The Morgan fingerprint density at radius 1 is 1.00 bits per heavy atom. The Bertz CT molecular complexity index is 1100. The zero-order valence-electron chi connectivity index (χ0n) is 15.5. The van der Waals surface area contributed by atoms with Crippen LogP contribution in [-0.2, 0) is 13.5 Å². The van der Waals surface area contributed by atoms with Crippen molar-refractivity contribution in [3.63, 3.8) is 0 Å². The van der Waals surface area contributed by atoms with Crippen LogP contribution in [0.1, 0.15) is 27.8 Å². The number of benzene rings is 3. The molecule has 3 aromatic carbocycles. The second-order valence-corrected chi connectivity index (χ2v) is 7.16. The summed E-state index contributed by atoms with van der Waals surface area (Å²) >= 11 is 5.94. The number of carbonyl (C=O) groups excluding carboxylic acids is 1. The molecule has 1 atom stereocenters. The molecule has 5 heteroatoms. The lowest BCUT2D eigenvalue weighted by Gasteiger charge is -2.19. The summed E-state index contributed by atoms with van der Waals surface area (Å²) in [7, 11) is 2.01. The van der Waals surface area contributed by atoms with Crippen molar-refractivity contribution in [2.24, 2.45) is 7.05 Å². The van der Waals surface area contributed by atoms with Crippen LogP contribution in [0.15, 0.2) is 78.9 Å². The van der Waals surface area contributed by atoms with E-state index >= 15 is 0 Å². The Hall–Kier alpha value is -3.11. The molecule has 0 saturated heterocycles. The average Bonchev–Trinajstić information content (AvgIpc) is 3.04. The maximum Gasteiger partial charge on any atom is 0.251 e. The van der Waals surface area contributed by atoms with Gasteiger partial charge in [0, 0.05) is 24.1 Å². The molecule has 4 rings (SSSR count). The molecule has 4 aromatic rings. The topological polar surface area (TPSA) is 46.9 Å². The normalized spacial score (nSPS) is 12.1. The minimum absolute atomic E-state index is 0.135. The van der Waals surface area contributed by atoms with Gasteiger partial charge in [-0.2, -0.15) is 0 Å². The van der Waals surface area contributed by atoms with Crippen molar-refractivity contribution in [2.75, 3.05) is 0 Å². The lowest BCUT2D eigenvalue weighted by molar-refractivity contribution is 0.0936. The predicted octanol–water partition coefficient (Wildman–Crippen LogP) is 4.94. The van der Waals surface area contributed by atoms with Crippen LogP contribution in [0.25, 0.3) is 11.0 Å². The fourth-order valence-electron chi connectivity index (χ4n) is 3.34. The monoisotopic (exact) mass is 389 g/mol. The molecule has 140 valence electrons. The van der Waals surface area contributed by atoms with E-state index in [1.807, 2.05) is 55.6 Å². The summed E-state index contributed by atoms with van der Waals surface area (Å²) < 4.78 is 2.08. The van der Waals surface area contributed by atoms with E-state index in [1.165, 1.54) is 0 Å². The maximum atomic E-state index is 12.8. The molecule has 28 heavy (non-hydrogen) atoms. The number of fused-ring (bicyclic) bond motifs is 1. The summed E-state index contributed by atoms with van der Waals surface area (Å²) in [5, 5.41) is 3.76. The molecule has 0 radical (unpaired) electrons. The molecule has 0 aliphatic carbocycles. The summed E-state index contributed by atoms with van der Waals surface area (Å²) in [4.78, 5) is 17.6. The van der Waals surface area contributed by atoms with Crippen LogP contribution < -0.4 is 5.32 Å². The molecule has 1 heterocycles. The molecule has 4 nitrogen and oxygen atoms in total. The second-order valence-electron chi connectivity index (χ2n) is 6.72. The zero-order valence-corrected chi connectivity index (χ0v) is 16.2. The molecule has 0 fully saturated rings. The van der Waals surface area contributed by atoms with Crippen molar-refractivity contribution in [3.05, 3.63) is 101 Å².